The van der Waals surface area contributed by atoms with Crippen LogP contribution >= 0.6 is 0 Å². The standard InChI is InChI=1S/C22H15NO/c1-13-9-10-19-18(11-13)14(2)12-20-16-7-3-5-15-6-4-8-17(21(15)16)22(24)23(19)20/h3-12H,2H2,1H3. The lowest BCUT2D eigenvalue weighted by molar-refractivity contribution is 1.18. The monoisotopic (exact) mass is 309 g/mol. The van der Waals surface area contributed by atoms with Gasteiger partial charge < -0.3 is 0 Å². The van der Waals surface area contributed by atoms with Crippen molar-refractivity contribution in [3.63, 3.8) is 0 Å². The van der Waals surface area contributed by atoms with Crippen LogP contribution in [0.1, 0.15) is 5.56 Å². The van der Waals surface area contributed by atoms with E-state index in [9.17, 15) is 4.79 Å². The quantitative estimate of drug-likeness (QED) is 0.310. The summed E-state index contributed by atoms with van der Waals surface area (Å²) in [7, 11) is 0. The van der Waals surface area contributed by atoms with Gasteiger partial charge >= 0.3 is 0 Å². The van der Waals surface area contributed by atoms with Gasteiger partial charge in [-0.25, -0.2) is 0 Å². The number of aromatic nitrogens is 1. The topological polar surface area (TPSA) is 21.5 Å². The van der Waals surface area contributed by atoms with Crippen molar-refractivity contribution < 1.29 is 0 Å². The van der Waals surface area contributed by atoms with E-state index in [2.05, 4.69) is 37.8 Å². The van der Waals surface area contributed by atoms with Gasteiger partial charge in [-0.05, 0) is 41.8 Å². The molecule has 2 nitrogen and oxygen atoms in total. The maximum Gasteiger partial charge on any atom is 0.263 e. The molecule has 0 N–H and O–H groups in total. The normalized spacial score (nSPS) is 11.9. The lowest BCUT2D eigenvalue weighted by Gasteiger charge is -2.13. The summed E-state index contributed by atoms with van der Waals surface area (Å²) in [6, 6.07) is 20.3. The summed E-state index contributed by atoms with van der Waals surface area (Å²) >= 11 is 0. The molecule has 0 atom stereocenters. The Hall–Kier alpha value is -3.13. The fourth-order valence-corrected chi connectivity index (χ4v) is 3.81. The highest BCUT2D eigenvalue weighted by atomic mass is 16.1. The predicted molar refractivity (Wildman–Crippen MR) is 102 cm³/mol. The second kappa shape index (κ2) is 4.45. The van der Waals surface area contributed by atoms with Gasteiger partial charge in [0.2, 0.25) is 0 Å². The molecular weight excluding hydrogens is 294 g/mol. The Bertz CT molecular complexity index is 1390. The molecule has 0 unspecified atom stereocenters. The fourth-order valence-electron chi connectivity index (χ4n) is 3.81. The molecule has 0 radical (unpaired) electrons. The highest BCUT2D eigenvalue weighted by Crippen LogP contribution is 2.28. The summed E-state index contributed by atoms with van der Waals surface area (Å²) < 4.78 is 1.83. The van der Waals surface area contributed by atoms with Crippen LogP contribution in [-0.2, 0) is 0 Å². The Balaban J connectivity index is 2.24. The first-order valence-corrected chi connectivity index (χ1v) is 8.03. The van der Waals surface area contributed by atoms with Crippen LogP contribution in [0.2, 0.25) is 0 Å². The minimum atomic E-state index is 0.0307. The second-order valence-electron chi connectivity index (χ2n) is 6.43. The second-order valence-corrected chi connectivity index (χ2v) is 6.43. The van der Waals surface area contributed by atoms with Crippen molar-refractivity contribution in [2.24, 2.45) is 0 Å². The molecule has 0 spiro atoms. The van der Waals surface area contributed by atoms with Crippen LogP contribution in [-0.4, -0.2) is 4.40 Å². The van der Waals surface area contributed by atoms with Crippen LogP contribution in [0.25, 0.3) is 44.5 Å². The Kier molecular flexibility index (Phi) is 2.47. The Morgan fingerprint density at radius 3 is 2.38 bits per heavy atom. The number of nitrogens with zero attached hydrogens (tertiary/aromatic N) is 1. The smallest absolute Gasteiger partial charge is 0.263 e. The van der Waals surface area contributed by atoms with Crippen LogP contribution in [0.15, 0.2) is 65.5 Å². The molecule has 0 bridgehead atoms. The number of aryl methyl sites for hydroxylation is 1. The van der Waals surface area contributed by atoms with E-state index in [-0.39, 0.29) is 5.56 Å². The molecule has 2 heterocycles. The molecule has 2 aromatic heterocycles. The van der Waals surface area contributed by atoms with Gasteiger partial charge in [0.1, 0.15) is 0 Å². The molecule has 0 amide bonds. The zero-order valence-electron chi connectivity index (χ0n) is 13.3. The molecule has 114 valence electrons. The Labute approximate surface area is 138 Å². The zero-order valence-corrected chi connectivity index (χ0v) is 13.3. The van der Waals surface area contributed by atoms with E-state index in [0.717, 1.165) is 43.2 Å². The van der Waals surface area contributed by atoms with E-state index in [0.29, 0.717) is 0 Å². The van der Waals surface area contributed by atoms with Gasteiger partial charge in [0.05, 0.1) is 11.0 Å². The van der Waals surface area contributed by atoms with Gasteiger partial charge in [0, 0.05) is 21.5 Å². The number of benzene rings is 3. The van der Waals surface area contributed by atoms with E-state index in [1.54, 1.807) is 0 Å². The van der Waals surface area contributed by atoms with Crippen molar-refractivity contribution >= 4 is 44.5 Å². The van der Waals surface area contributed by atoms with E-state index >= 15 is 0 Å². The number of fused-ring (bicyclic) bond motifs is 4. The van der Waals surface area contributed by atoms with Crippen molar-refractivity contribution in [3.8, 4) is 0 Å². The summed E-state index contributed by atoms with van der Waals surface area (Å²) in [5, 5.41) is 5.97. The van der Waals surface area contributed by atoms with Crippen LogP contribution in [0.5, 0.6) is 0 Å². The van der Waals surface area contributed by atoms with Crippen molar-refractivity contribution in [2.75, 3.05) is 0 Å². The maximum absolute atomic E-state index is 13.2. The van der Waals surface area contributed by atoms with Crippen LogP contribution < -0.4 is 10.8 Å². The SMILES string of the molecule is C=c1cc2c3cccc4cccc(c(=O)n2c2ccc(C)cc12)c43. The Morgan fingerprint density at radius 1 is 0.833 bits per heavy atom. The number of rotatable bonds is 0. The minimum Gasteiger partial charge on any atom is -0.276 e. The third kappa shape index (κ3) is 1.57. The van der Waals surface area contributed by atoms with Crippen LogP contribution in [0.4, 0.5) is 0 Å². The molecule has 24 heavy (non-hydrogen) atoms. The molecule has 5 rings (SSSR count). The van der Waals surface area contributed by atoms with Gasteiger partial charge in [0.15, 0.2) is 0 Å². The van der Waals surface area contributed by atoms with Crippen LogP contribution in [0, 0.1) is 6.92 Å². The molecule has 3 aromatic carbocycles. The third-order valence-electron chi connectivity index (χ3n) is 4.90. The van der Waals surface area contributed by atoms with E-state index in [1.165, 1.54) is 5.56 Å². The van der Waals surface area contributed by atoms with Crippen molar-refractivity contribution in [1.29, 1.82) is 0 Å². The van der Waals surface area contributed by atoms with E-state index in [4.69, 9.17) is 0 Å². The first-order chi connectivity index (χ1) is 11.6. The molecule has 0 saturated carbocycles. The minimum absolute atomic E-state index is 0.0307. The highest BCUT2D eigenvalue weighted by Gasteiger charge is 2.13. The lowest BCUT2D eigenvalue weighted by Crippen LogP contribution is -2.18. The average Bonchev–Trinajstić information content (AvgIpc) is 2.59. The summed E-state index contributed by atoms with van der Waals surface area (Å²) in [5.41, 5.74) is 3.03. The fraction of sp³-hybridized carbons (Fsp3) is 0.0455. The van der Waals surface area contributed by atoms with Gasteiger partial charge in [-0.1, -0.05) is 48.5 Å². The number of pyridine rings is 2. The molecule has 5 aromatic rings. The average molecular weight is 309 g/mol. The van der Waals surface area contributed by atoms with Crippen LogP contribution in [0.3, 0.4) is 0 Å². The summed E-state index contributed by atoms with van der Waals surface area (Å²) in [6.45, 7) is 6.27. The van der Waals surface area contributed by atoms with E-state index in [1.807, 2.05) is 40.8 Å². The molecule has 0 saturated heterocycles. The molecule has 0 aliphatic heterocycles. The Morgan fingerprint density at radius 2 is 1.58 bits per heavy atom. The van der Waals surface area contributed by atoms with Crippen molar-refractivity contribution in [3.05, 3.63) is 81.8 Å². The lowest BCUT2D eigenvalue weighted by atomic mass is 10.00. The third-order valence-corrected chi connectivity index (χ3v) is 4.90. The first-order valence-electron chi connectivity index (χ1n) is 8.03. The molecule has 0 aliphatic carbocycles. The molecule has 0 aliphatic rings. The van der Waals surface area contributed by atoms with Gasteiger partial charge in [-0.15, -0.1) is 0 Å². The maximum atomic E-state index is 13.2. The van der Waals surface area contributed by atoms with Crippen molar-refractivity contribution in [1.82, 2.24) is 4.40 Å². The van der Waals surface area contributed by atoms with Crippen molar-refractivity contribution in [2.45, 2.75) is 6.92 Å². The summed E-state index contributed by atoms with van der Waals surface area (Å²) in [5.74, 6) is 0. The highest BCUT2D eigenvalue weighted by molar-refractivity contribution is 6.15. The number of hydrogen-bond acceptors (Lipinski definition) is 1. The summed E-state index contributed by atoms with van der Waals surface area (Å²) in [6.07, 6.45) is 0. The van der Waals surface area contributed by atoms with Gasteiger partial charge in [-0.2, -0.15) is 0 Å². The van der Waals surface area contributed by atoms with E-state index < -0.39 is 0 Å². The summed E-state index contributed by atoms with van der Waals surface area (Å²) in [4.78, 5) is 13.2. The molecular formula is C22H15NO. The zero-order chi connectivity index (χ0) is 16.4. The van der Waals surface area contributed by atoms with Gasteiger partial charge in [0.25, 0.3) is 5.56 Å². The molecule has 0 fully saturated rings. The van der Waals surface area contributed by atoms with Gasteiger partial charge in [-0.3, -0.25) is 9.20 Å². The first kappa shape index (κ1) is 13.3. The predicted octanol–water partition coefficient (Wildman–Crippen LogP) is 4.20. The largest absolute Gasteiger partial charge is 0.276 e. The number of hydrogen-bond donors (Lipinski definition) is 0. The molecule has 2 heteroatoms.